The molecule has 0 radical (unpaired) electrons. The lowest BCUT2D eigenvalue weighted by Gasteiger charge is -2.41. The minimum atomic E-state index is -5.08. The predicted octanol–water partition coefficient (Wildman–Crippen LogP) is 4.68. The molecule has 4 amide bonds. The molecule has 0 bridgehead atoms. The highest BCUT2D eigenvalue weighted by molar-refractivity contribution is 7.99. The molecule has 414 valence electrons. The average Bonchev–Trinajstić information content (AvgIpc) is 3.69. The van der Waals surface area contributed by atoms with Gasteiger partial charge in [-0.1, -0.05) is 51.1 Å². The highest BCUT2D eigenvalue weighted by Crippen LogP contribution is 2.41. The summed E-state index contributed by atoms with van der Waals surface area (Å²) < 4.78 is 94.8. The molecule has 3 aromatic rings. The van der Waals surface area contributed by atoms with Crippen LogP contribution in [0.4, 0.5) is 35.1 Å². The zero-order valence-corrected chi connectivity index (χ0v) is 42.0. The number of carbonyl (C=O) groups is 8. The molecule has 1 heterocycles. The van der Waals surface area contributed by atoms with E-state index in [1.54, 1.807) is 11.1 Å². The number of carbonyl (C=O) groups excluding carboxylic acids is 4. The van der Waals surface area contributed by atoms with Gasteiger partial charge in [0.25, 0.3) is 0 Å². The van der Waals surface area contributed by atoms with Gasteiger partial charge in [0.15, 0.2) is 0 Å². The number of thioether (sulfide) groups is 1. The smallest absolute Gasteiger partial charge is 0.480 e. The normalized spacial score (nSPS) is 12.3. The summed E-state index contributed by atoms with van der Waals surface area (Å²) in [7, 11) is 0. The van der Waals surface area contributed by atoms with E-state index in [2.05, 4.69) is 28.6 Å². The van der Waals surface area contributed by atoms with Crippen molar-refractivity contribution >= 4 is 71.9 Å². The Morgan fingerprint density at radius 2 is 1.31 bits per heavy atom. The van der Waals surface area contributed by atoms with Crippen molar-refractivity contribution in [2.24, 2.45) is 16.9 Å². The van der Waals surface area contributed by atoms with Crippen LogP contribution >= 0.6 is 24.4 Å². The van der Waals surface area contributed by atoms with E-state index in [0.717, 1.165) is 23.4 Å². The largest absolute Gasteiger partial charge is 0.490 e. The number of carboxylic acids is 4. The van der Waals surface area contributed by atoms with Gasteiger partial charge in [-0.25, -0.2) is 18.4 Å². The van der Waals surface area contributed by atoms with Crippen molar-refractivity contribution in [3.8, 4) is 11.1 Å². The monoisotopic (exact) mass is 1110 g/mol. The number of thiol groups is 1. The summed E-state index contributed by atoms with van der Waals surface area (Å²) in [6.45, 7) is 8.57. The quantitative estimate of drug-likeness (QED) is 0.0371. The minimum Gasteiger partial charge on any atom is -0.480 e. The van der Waals surface area contributed by atoms with Crippen LogP contribution in [0.15, 0.2) is 60.8 Å². The van der Waals surface area contributed by atoms with Crippen LogP contribution in [0.1, 0.15) is 64.3 Å². The van der Waals surface area contributed by atoms with Crippen LogP contribution in [0.5, 0.6) is 0 Å². The maximum absolute atomic E-state index is 15.0. The molecule has 3 rings (SSSR count). The van der Waals surface area contributed by atoms with Crippen LogP contribution in [0.2, 0.25) is 0 Å². The molecule has 0 aliphatic heterocycles. The molecule has 0 saturated carbocycles. The molecular formula is C45H59F8N7O12S2. The number of hydrogen-bond acceptors (Lipinski definition) is 12. The number of rotatable bonds is 22. The Bertz CT molecular complexity index is 2290. The van der Waals surface area contributed by atoms with Crippen molar-refractivity contribution in [1.29, 1.82) is 0 Å². The Morgan fingerprint density at radius 3 is 1.78 bits per heavy atom. The summed E-state index contributed by atoms with van der Waals surface area (Å²) in [6.07, 6.45) is -8.08. The molecule has 0 aliphatic rings. The molecule has 74 heavy (non-hydrogen) atoms. The molecule has 0 spiro atoms. The number of halogens is 8. The predicted molar refractivity (Wildman–Crippen MR) is 258 cm³/mol. The van der Waals surface area contributed by atoms with Gasteiger partial charge in [0.2, 0.25) is 23.6 Å². The molecule has 0 fully saturated rings. The molecule has 19 nitrogen and oxygen atoms in total. The van der Waals surface area contributed by atoms with Crippen molar-refractivity contribution < 1.29 is 93.9 Å². The van der Waals surface area contributed by atoms with E-state index in [1.165, 1.54) is 24.8 Å². The van der Waals surface area contributed by atoms with E-state index in [0.29, 0.717) is 37.4 Å². The second kappa shape index (κ2) is 32.7. The second-order valence-corrected chi connectivity index (χ2v) is 18.2. The van der Waals surface area contributed by atoms with Gasteiger partial charge in [-0.3, -0.25) is 28.8 Å². The highest BCUT2D eigenvalue weighted by atomic mass is 32.2. The first-order valence-electron chi connectivity index (χ1n) is 21.7. The van der Waals surface area contributed by atoms with E-state index >= 15 is 4.39 Å². The third-order valence-corrected chi connectivity index (χ3v) is 10.5. The van der Waals surface area contributed by atoms with Crippen LogP contribution in [0.3, 0.4) is 0 Å². The molecule has 0 aliphatic carbocycles. The summed E-state index contributed by atoms with van der Waals surface area (Å²) in [4.78, 5) is 90.1. The topological polar surface area (TPSA) is 314 Å². The number of amides is 4. The Balaban J connectivity index is 0.00000223. The first kappa shape index (κ1) is 67.5. The fourth-order valence-corrected chi connectivity index (χ4v) is 6.73. The number of nitrogens with two attached hydrogens (primary N) is 2. The van der Waals surface area contributed by atoms with Crippen LogP contribution < -0.4 is 27.4 Å². The van der Waals surface area contributed by atoms with E-state index < -0.39 is 82.4 Å². The number of nitrogens with one attached hydrogen (secondary N) is 3. The van der Waals surface area contributed by atoms with Gasteiger partial charge in [-0.05, 0) is 55.1 Å². The van der Waals surface area contributed by atoms with Gasteiger partial charge < -0.3 is 57.3 Å². The molecule has 1 aromatic heterocycles. The van der Waals surface area contributed by atoms with Crippen molar-refractivity contribution in [2.45, 2.75) is 83.2 Å². The van der Waals surface area contributed by atoms with Crippen molar-refractivity contribution in [2.75, 3.05) is 44.2 Å². The van der Waals surface area contributed by atoms with Gasteiger partial charge in [0, 0.05) is 67.8 Å². The number of aromatic nitrogens is 1. The summed E-state index contributed by atoms with van der Waals surface area (Å²) in [6, 6.07) is 13.7. The van der Waals surface area contributed by atoms with E-state index in [-0.39, 0.29) is 55.6 Å². The zero-order chi connectivity index (χ0) is 57.1. The maximum Gasteiger partial charge on any atom is 0.490 e. The fourth-order valence-electron chi connectivity index (χ4n) is 5.75. The van der Waals surface area contributed by atoms with E-state index in [4.69, 9.17) is 41.5 Å². The van der Waals surface area contributed by atoms with Gasteiger partial charge in [-0.2, -0.15) is 50.7 Å². The Kier molecular flexibility index (Phi) is 29.8. The number of carboxylic acid groups (broad SMARTS) is 4. The Labute approximate surface area is 429 Å². The molecule has 11 N–H and O–H groups in total. The van der Waals surface area contributed by atoms with Crippen LogP contribution in [-0.2, 0) is 44.9 Å². The van der Waals surface area contributed by atoms with Crippen molar-refractivity contribution in [3.05, 3.63) is 83.7 Å². The molecule has 2 aromatic carbocycles. The number of hydrogen-bond donors (Lipinski definition) is 10. The standard InChI is InChI=1S/C38H50F2N6O6S2.C3H7NO2.2C2HF3O2/c1-38(2,3)36(30-18-26(28-19-27(39)10-11-29(28)40)23-45(30)22-25-8-5-4-6-9-25)46(16-7-13-41)35(50)24-54-17-12-32(47)42-14-15-43-34(49)21-44-33(48)20-31(53)37(51)52;1-2(4)3(5)6;2*3-2(4,5)1(6)7/h4-6,8-11,18-19,23,31,36,53H,7,12-17,20-22,24,41H2,1-3H3,(H,42,47)(H,43,49)(H,44,48)(H,51,52);2H,4H2,1H3,(H,5,6);2*(H,6,7)/t31?,36-;2-;;/m00../s1. The molecule has 3 atom stereocenters. The molecule has 1 unspecified atom stereocenters. The Morgan fingerprint density at radius 1 is 0.784 bits per heavy atom. The zero-order valence-electron chi connectivity index (χ0n) is 40.3. The van der Waals surface area contributed by atoms with Gasteiger partial charge in [0.1, 0.15) is 22.9 Å². The Hall–Kier alpha value is -6.46. The summed E-state index contributed by atoms with van der Waals surface area (Å²) in [5.74, 6) is -9.93. The lowest BCUT2D eigenvalue weighted by atomic mass is 9.83. The van der Waals surface area contributed by atoms with E-state index in [9.17, 15) is 59.5 Å². The molecule has 29 heteroatoms. The first-order valence-corrected chi connectivity index (χ1v) is 23.4. The van der Waals surface area contributed by atoms with Gasteiger partial charge in [0.05, 0.1) is 18.3 Å². The molecular weight excluding hydrogens is 1050 g/mol. The van der Waals surface area contributed by atoms with Gasteiger partial charge in [-0.15, -0.1) is 0 Å². The van der Waals surface area contributed by atoms with Crippen LogP contribution in [-0.4, -0.2) is 145 Å². The lowest BCUT2D eigenvalue weighted by Crippen LogP contribution is -2.44. The van der Waals surface area contributed by atoms with Crippen molar-refractivity contribution in [1.82, 2.24) is 25.4 Å². The average molecular weight is 1110 g/mol. The number of nitrogens with zero attached hydrogens (tertiary/aromatic N) is 2. The number of benzene rings is 2. The highest BCUT2D eigenvalue weighted by Gasteiger charge is 2.39. The number of alkyl halides is 6. The van der Waals surface area contributed by atoms with Crippen molar-refractivity contribution in [3.63, 3.8) is 0 Å². The van der Waals surface area contributed by atoms with Gasteiger partial charge >= 0.3 is 36.2 Å². The third-order valence-electron chi connectivity index (χ3n) is 9.15. The first-order chi connectivity index (χ1) is 34.1. The number of aliphatic carboxylic acids is 4. The van der Waals surface area contributed by atoms with Crippen LogP contribution in [0.25, 0.3) is 11.1 Å². The maximum atomic E-state index is 15.0. The minimum absolute atomic E-state index is 0.0947. The second-order valence-electron chi connectivity index (χ2n) is 16.5. The fraction of sp³-hybridized carbons (Fsp3) is 0.467. The lowest BCUT2D eigenvalue weighted by molar-refractivity contribution is -0.193. The summed E-state index contributed by atoms with van der Waals surface area (Å²) in [5, 5.41) is 37.3. The van der Waals surface area contributed by atoms with Crippen LogP contribution in [0, 0.1) is 17.0 Å². The molecule has 0 saturated heterocycles. The summed E-state index contributed by atoms with van der Waals surface area (Å²) in [5.41, 5.74) is 12.6. The third kappa shape index (κ3) is 27.6. The summed E-state index contributed by atoms with van der Waals surface area (Å²) >= 11 is 5.09. The van der Waals surface area contributed by atoms with E-state index in [1.807, 2.05) is 61.7 Å². The SMILES string of the molecule is CC(C)(C)[C@H](c1cc(-c2cc(F)ccc2F)cn1Cc1ccccc1)N(CCCN)C(=O)CSCCC(=O)NCCNC(=O)CNC(=O)CC(S)C(=O)O.C[C@H](N)C(=O)O.O=C(O)C(F)(F)F.O=C(O)C(F)(F)F.